The van der Waals surface area contributed by atoms with Crippen molar-refractivity contribution in [2.45, 2.75) is 0 Å². The first-order valence-corrected chi connectivity index (χ1v) is 6.02. The lowest BCUT2D eigenvalue weighted by atomic mass is 10.2. The van der Waals surface area contributed by atoms with Crippen molar-refractivity contribution in [3.05, 3.63) is 29.8 Å². The highest BCUT2D eigenvalue weighted by molar-refractivity contribution is 5.81. The van der Waals surface area contributed by atoms with Crippen molar-refractivity contribution in [2.24, 2.45) is 0 Å². The highest BCUT2D eigenvalue weighted by atomic mass is 16.2. The van der Waals surface area contributed by atoms with E-state index in [1.54, 1.807) is 12.1 Å². The van der Waals surface area contributed by atoms with Crippen molar-refractivity contribution >= 4 is 11.6 Å². The molecule has 1 fully saturated rings. The molecule has 0 aliphatic carbocycles. The first-order chi connectivity index (χ1) is 8.79. The number of anilines is 1. The molecular formula is C13H16N4O. The third-order valence-electron chi connectivity index (χ3n) is 2.93. The van der Waals surface area contributed by atoms with Gasteiger partial charge in [-0.1, -0.05) is 0 Å². The highest BCUT2D eigenvalue weighted by Gasteiger charge is 2.15. The Morgan fingerprint density at radius 1 is 1.33 bits per heavy atom. The Bertz CT molecular complexity index is 443. The first-order valence-electron chi connectivity index (χ1n) is 6.02. The number of carbonyl (C=O) groups excluding carboxylic acids is 1. The van der Waals surface area contributed by atoms with Crippen LogP contribution in [0, 0.1) is 11.3 Å². The highest BCUT2D eigenvalue weighted by Crippen LogP contribution is 2.08. The molecule has 2 N–H and O–H groups in total. The molecule has 1 amide bonds. The van der Waals surface area contributed by atoms with E-state index in [9.17, 15) is 4.79 Å². The second-order valence-electron chi connectivity index (χ2n) is 4.17. The molecule has 0 unspecified atom stereocenters. The van der Waals surface area contributed by atoms with Crippen LogP contribution in [-0.4, -0.2) is 43.5 Å². The van der Waals surface area contributed by atoms with Crippen molar-refractivity contribution in [3.63, 3.8) is 0 Å². The van der Waals surface area contributed by atoms with E-state index >= 15 is 0 Å². The standard InChI is InChI=1S/C13H16N4O/c14-9-11-1-3-12(4-2-11)16-10-13(18)17-7-5-15-6-8-17/h1-4,15-16H,5-8,10H2. The molecule has 0 radical (unpaired) electrons. The zero-order chi connectivity index (χ0) is 12.8. The number of hydrogen-bond acceptors (Lipinski definition) is 4. The minimum atomic E-state index is 0.112. The Morgan fingerprint density at radius 2 is 2.00 bits per heavy atom. The molecule has 0 bridgehead atoms. The van der Waals surface area contributed by atoms with Gasteiger partial charge >= 0.3 is 0 Å². The Morgan fingerprint density at radius 3 is 2.61 bits per heavy atom. The topological polar surface area (TPSA) is 68.2 Å². The van der Waals surface area contributed by atoms with Crippen LogP contribution >= 0.6 is 0 Å². The molecule has 94 valence electrons. The second-order valence-corrected chi connectivity index (χ2v) is 4.17. The zero-order valence-electron chi connectivity index (χ0n) is 10.1. The molecule has 1 saturated heterocycles. The summed E-state index contributed by atoms with van der Waals surface area (Å²) in [4.78, 5) is 13.7. The number of nitriles is 1. The van der Waals surface area contributed by atoms with Crippen LogP contribution in [0.2, 0.25) is 0 Å². The van der Waals surface area contributed by atoms with Crippen molar-refractivity contribution < 1.29 is 4.79 Å². The third-order valence-corrected chi connectivity index (χ3v) is 2.93. The predicted molar refractivity (Wildman–Crippen MR) is 69.1 cm³/mol. The molecule has 0 saturated carbocycles. The van der Waals surface area contributed by atoms with E-state index in [1.165, 1.54) is 0 Å². The molecule has 1 aromatic rings. The molecule has 18 heavy (non-hydrogen) atoms. The van der Waals surface area contributed by atoms with E-state index < -0.39 is 0 Å². The SMILES string of the molecule is N#Cc1ccc(NCC(=O)N2CCNCC2)cc1. The van der Waals surface area contributed by atoms with Crippen molar-refractivity contribution in [2.75, 3.05) is 38.0 Å². The maximum Gasteiger partial charge on any atom is 0.241 e. The summed E-state index contributed by atoms with van der Waals surface area (Å²) in [6.45, 7) is 3.57. The number of nitrogens with zero attached hydrogens (tertiary/aromatic N) is 2. The van der Waals surface area contributed by atoms with Crippen LogP contribution in [-0.2, 0) is 4.79 Å². The fourth-order valence-corrected chi connectivity index (χ4v) is 1.87. The molecule has 5 nitrogen and oxygen atoms in total. The Kier molecular flexibility index (Phi) is 4.15. The summed E-state index contributed by atoms with van der Waals surface area (Å²) in [7, 11) is 0. The van der Waals surface area contributed by atoms with E-state index in [4.69, 9.17) is 5.26 Å². The number of benzene rings is 1. The molecule has 2 rings (SSSR count). The quantitative estimate of drug-likeness (QED) is 0.807. The minimum absolute atomic E-state index is 0.112. The van der Waals surface area contributed by atoms with Crippen LogP contribution in [0.3, 0.4) is 0 Å². The fraction of sp³-hybridized carbons (Fsp3) is 0.385. The van der Waals surface area contributed by atoms with Crippen molar-refractivity contribution in [1.82, 2.24) is 10.2 Å². The Hall–Kier alpha value is -2.06. The van der Waals surface area contributed by atoms with Gasteiger partial charge in [0.15, 0.2) is 0 Å². The van der Waals surface area contributed by atoms with E-state index in [2.05, 4.69) is 16.7 Å². The number of hydrogen-bond donors (Lipinski definition) is 2. The maximum atomic E-state index is 11.9. The van der Waals surface area contributed by atoms with Gasteiger partial charge in [0.1, 0.15) is 0 Å². The smallest absolute Gasteiger partial charge is 0.241 e. The molecule has 1 aliphatic heterocycles. The molecule has 5 heteroatoms. The van der Waals surface area contributed by atoms with Crippen molar-refractivity contribution in [1.29, 1.82) is 5.26 Å². The monoisotopic (exact) mass is 244 g/mol. The van der Waals surface area contributed by atoms with Gasteiger partial charge in [-0.15, -0.1) is 0 Å². The first kappa shape index (κ1) is 12.4. The second kappa shape index (κ2) is 6.03. The van der Waals surface area contributed by atoms with E-state index in [-0.39, 0.29) is 5.91 Å². The lowest BCUT2D eigenvalue weighted by Crippen LogP contribution is -2.48. The van der Waals surface area contributed by atoms with Gasteiger partial charge in [0.05, 0.1) is 18.2 Å². The lowest BCUT2D eigenvalue weighted by Gasteiger charge is -2.27. The number of rotatable bonds is 3. The molecule has 0 atom stereocenters. The van der Waals surface area contributed by atoms with E-state index in [0.717, 1.165) is 31.9 Å². The van der Waals surface area contributed by atoms with Crippen LogP contribution < -0.4 is 10.6 Å². The van der Waals surface area contributed by atoms with Crippen molar-refractivity contribution in [3.8, 4) is 6.07 Å². The van der Waals surface area contributed by atoms with Crippen LogP contribution in [0.1, 0.15) is 5.56 Å². The minimum Gasteiger partial charge on any atom is -0.376 e. The summed E-state index contributed by atoms with van der Waals surface area (Å²) in [6.07, 6.45) is 0. The maximum absolute atomic E-state index is 11.9. The van der Waals surface area contributed by atoms with Gasteiger partial charge in [-0.3, -0.25) is 4.79 Å². The van der Waals surface area contributed by atoms with Crippen LogP contribution in [0.4, 0.5) is 5.69 Å². The van der Waals surface area contributed by atoms with Crippen LogP contribution in [0.5, 0.6) is 0 Å². The Labute approximate surface area is 106 Å². The van der Waals surface area contributed by atoms with Gasteiger partial charge in [-0.25, -0.2) is 0 Å². The summed E-state index contributed by atoms with van der Waals surface area (Å²) >= 11 is 0. The lowest BCUT2D eigenvalue weighted by molar-refractivity contribution is -0.129. The summed E-state index contributed by atoms with van der Waals surface area (Å²) in [5, 5.41) is 15.0. The average molecular weight is 244 g/mol. The molecule has 1 aromatic carbocycles. The predicted octanol–water partition coefficient (Wildman–Crippen LogP) is 0.402. The molecule has 1 aliphatic rings. The van der Waals surface area contributed by atoms with Crippen LogP contribution in [0.25, 0.3) is 0 Å². The van der Waals surface area contributed by atoms with E-state index in [0.29, 0.717) is 12.1 Å². The molecule has 0 aromatic heterocycles. The third kappa shape index (κ3) is 3.22. The summed E-state index contributed by atoms with van der Waals surface area (Å²) in [6, 6.07) is 9.15. The number of carbonyl (C=O) groups is 1. The van der Waals surface area contributed by atoms with Gasteiger partial charge in [0, 0.05) is 31.9 Å². The van der Waals surface area contributed by atoms with Gasteiger partial charge < -0.3 is 15.5 Å². The van der Waals surface area contributed by atoms with Gasteiger partial charge in [0.25, 0.3) is 0 Å². The molecule has 0 spiro atoms. The number of nitrogens with one attached hydrogen (secondary N) is 2. The summed E-state index contributed by atoms with van der Waals surface area (Å²) in [5.74, 6) is 0.112. The average Bonchev–Trinajstić information content (AvgIpc) is 2.46. The van der Waals surface area contributed by atoms with E-state index in [1.807, 2.05) is 17.0 Å². The van der Waals surface area contributed by atoms with Crippen LogP contribution in [0.15, 0.2) is 24.3 Å². The number of piperazine rings is 1. The number of amides is 1. The van der Waals surface area contributed by atoms with Gasteiger partial charge in [-0.05, 0) is 24.3 Å². The van der Waals surface area contributed by atoms with Gasteiger partial charge in [-0.2, -0.15) is 5.26 Å². The molecular weight excluding hydrogens is 228 g/mol. The summed E-state index contributed by atoms with van der Waals surface area (Å²) in [5.41, 5.74) is 1.48. The normalized spacial score (nSPS) is 14.9. The molecule has 1 heterocycles. The van der Waals surface area contributed by atoms with Gasteiger partial charge in [0.2, 0.25) is 5.91 Å². The fourth-order valence-electron chi connectivity index (χ4n) is 1.87. The Balaban J connectivity index is 1.83. The zero-order valence-corrected chi connectivity index (χ0v) is 10.1. The summed E-state index contributed by atoms with van der Waals surface area (Å²) < 4.78 is 0. The largest absolute Gasteiger partial charge is 0.376 e.